The van der Waals surface area contributed by atoms with Gasteiger partial charge in [-0.15, -0.1) is 0 Å². The number of hydrogen-bond acceptors (Lipinski definition) is 3. The molecule has 6 heteroatoms. The molecule has 1 aromatic carbocycles. The molecule has 5 nitrogen and oxygen atoms in total. The maximum Gasteiger partial charge on any atom is 0.223 e. The molecular formula is C25H26FN3O2. The number of nitrogens with zero attached hydrogens (tertiary/aromatic N) is 2. The molecule has 1 heterocycles. The van der Waals surface area contributed by atoms with Gasteiger partial charge < -0.3 is 14.9 Å². The third-order valence-electron chi connectivity index (χ3n) is 8.36. The second kappa shape index (κ2) is 6.41. The van der Waals surface area contributed by atoms with E-state index in [1.165, 1.54) is 12.1 Å². The molecule has 5 saturated carbocycles. The Morgan fingerprint density at radius 1 is 1.32 bits per heavy atom. The zero-order chi connectivity index (χ0) is 21.4. The van der Waals surface area contributed by atoms with Gasteiger partial charge in [0.05, 0.1) is 11.6 Å². The van der Waals surface area contributed by atoms with E-state index in [2.05, 4.69) is 22.1 Å². The summed E-state index contributed by atoms with van der Waals surface area (Å²) in [5, 5.41) is 4.02. The molecule has 1 N–H and O–H groups in total. The third-order valence-corrected chi connectivity index (χ3v) is 8.36. The summed E-state index contributed by atoms with van der Waals surface area (Å²) in [6.45, 7) is 9.74. The largest absolute Gasteiger partial charge is 0.490 e. The average molecular weight is 420 g/mol. The van der Waals surface area contributed by atoms with E-state index in [0.717, 1.165) is 37.6 Å². The van der Waals surface area contributed by atoms with Gasteiger partial charge in [0.1, 0.15) is 11.6 Å². The maximum absolute atomic E-state index is 13.7. The molecule has 5 aliphatic rings. The summed E-state index contributed by atoms with van der Waals surface area (Å²) >= 11 is 0. The number of benzene rings is 1. The Bertz CT molecular complexity index is 1090. The van der Waals surface area contributed by atoms with Gasteiger partial charge in [-0.05, 0) is 74.1 Å². The minimum atomic E-state index is -0.289. The van der Waals surface area contributed by atoms with Crippen molar-refractivity contribution in [3.8, 4) is 5.75 Å². The number of nitrogens with one attached hydrogen (secondary N) is 1. The third kappa shape index (κ3) is 2.93. The van der Waals surface area contributed by atoms with Crippen LogP contribution in [0.5, 0.6) is 5.75 Å². The van der Waals surface area contributed by atoms with E-state index in [1.54, 1.807) is 12.3 Å². The number of fused-ring (bicyclic) bond motifs is 2. The molecule has 0 radical (unpaired) electrons. The van der Waals surface area contributed by atoms with Gasteiger partial charge in [-0.1, -0.05) is 6.92 Å². The Morgan fingerprint density at radius 3 is 2.77 bits per heavy atom. The highest BCUT2D eigenvalue weighted by Crippen LogP contribution is 2.67. The van der Waals surface area contributed by atoms with Crippen LogP contribution in [0.3, 0.4) is 0 Å². The minimum absolute atomic E-state index is 0.0106. The van der Waals surface area contributed by atoms with Gasteiger partial charge in [-0.3, -0.25) is 9.78 Å². The molecule has 7 rings (SSSR count). The summed E-state index contributed by atoms with van der Waals surface area (Å²) in [4.78, 5) is 20.7. The lowest BCUT2D eigenvalue weighted by atomic mass is 9.39. The lowest BCUT2D eigenvalue weighted by Crippen LogP contribution is -2.75. The molecule has 2 aromatic rings. The van der Waals surface area contributed by atoms with Crippen LogP contribution in [0.15, 0.2) is 30.5 Å². The van der Waals surface area contributed by atoms with Crippen LogP contribution in [-0.2, 0) is 4.79 Å². The van der Waals surface area contributed by atoms with Crippen molar-refractivity contribution in [1.29, 1.82) is 0 Å². The van der Waals surface area contributed by atoms with Gasteiger partial charge >= 0.3 is 0 Å². The number of aromatic nitrogens is 1. The molecule has 160 valence electrons. The van der Waals surface area contributed by atoms with Crippen LogP contribution < -0.4 is 10.1 Å². The van der Waals surface area contributed by atoms with E-state index in [0.29, 0.717) is 35.4 Å². The van der Waals surface area contributed by atoms with E-state index in [1.807, 2.05) is 6.07 Å². The summed E-state index contributed by atoms with van der Waals surface area (Å²) in [5.74, 6) is 2.13. The van der Waals surface area contributed by atoms with E-state index in [-0.39, 0.29) is 34.7 Å². The highest BCUT2D eigenvalue weighted by Gasteiger charge is 2.71. The van der Waals surface area contributed by atoms with Crippen molar-refractivity contribution in [2.75, 3.05) is 6.54 Å². The van der Waals surface area contributed by atoms with E-state index in [9.17, 15) is 9.18 Å². The number of amides is 1. The van der Waals surface area contributed by atoms with Crippen molar-refractivity contribution in [2.45, 2.75) is 50.7 Å². The van der Waals surface area contributed by atoms with E-state index >= 15 is 0 Å². The Morgan fingerprint density at radius 2 is 2.06 bits per heavy atom. The van der Waals surface area contributed by atoms with Crippen LogP contribution in [-0.4, -0.2) is 29.1 Å². The molecule has 0 saturated heterocycles. The summed E-state index contributed by atoms with van der Waals surface area (Å²) in [6, 6.07) is 6.38. The lowest BCUT2D eigenvalue weighted by molar-refractivity contribution is -0.160. The van der Waals surface area contributed by atoms with Crippen LogP contribution in [0.1, 0.15) is 39.0 Å². The van der Waals surface area contributed by atoms with Gasteiger partial charge in [0.25, 0.3) is 0 Å². The summed E-state index contributed by atoms with van der Waals surface area (Å²) in [6.07, 6.45) is 6.66. The Hall–Kier alpha value is -2.68. The highest BCUT2D eigenvalue weighted by molar-refractivity contribution is 5.84. The molecule has 5 aliphatic carbocycles. The first-order valence-corrected chi connectivity index (χ1v) is 11.3. The molecule has 0 spiro atoms. The average Bonchev–Trinajstić information content (AvgIpc) is 3.19. The number of hydrogen-bond donors (Lipinski definition) is 1. The van der Waals surface area contributed by atoms with Crippen molar-refractivity contribution in [2.24, 2.45) is 29.1 Å². The monoisotopic (exact) mass is 419 g/mol. The first-order chi connectivity index (χ1) is 14.9. The van der Waals surface area contributed by atoms with Crippen LogP contribution in [0.4, 0.5) is 4.39 Å². The number of halogens is 1. The molecule has 1 amide bonds. The molecule has 5 fully saturated rings. The fourth-order valence-corrected chi connectivity index (χ4v) is 7.07. The van der Waals surface area contributed by atoms with Crippen molar-refractivity contribution in [3.63, 3.8) is 0 Å². The van der Waals surface area contributed by atoms with Crippen LogP contribution in [0.2, 0.25) is 0 Å². The second-order valence-corrected chi connectivity index (χ2v) is 10.5. The zero-order valence-electron chi connectivity index (χ0n) is 17.6. The van der Waals surface area contributed by atoms with Crippen LogP contribution in [0, 0.1) is 41.5 Å². The number of carbonyl (C=O) groups is 1. The van der Waals surface area contributed by atoms with E-state index in [4.69, 9.17) is 11.3 Å². The van der Waals surface area contributed by atoms with Gasteiger partial charge in [0, 0.05) is 28.5 Å². The quantitative estimate of drug-likeness (QED) is 0.708. The molecule has 5 atom stereocenters. The number of rotatable bonds is 6. The maximum atomic E-state index is 13.7. The van der Waals surface area contributed by atoms with Gasteiger partial charge in [-0.25, -0.2) is 11.0 Å². The van der Waals surface area contributed by atoms with Crippen LogP contribution >= 0.6 is 0 Å². The number of ether oxygens (including phenoxy) is 1. The lowest BCUT2D eigenvalue weighted by Gasteiger charge is -2.68. The molecular weight excluding hydrogens is 393 g/mol. The SMILES string of the molecule is [C-]#[N+]CC12CC(NC(=O)C(C)C3[C@H]4CC(Oc5ccnc6ccc(F)cc56)C[C@@H]34)(C1)C2. The van der Waals surface area contributed by atoms with Gasteiger partial charge in [0.2, 0.25) is 12.5 Å². The summed E-state index contributed by atoms with van der Waals surface area (Å²) in [5.41, 5.74) is 0.930. The first-order valence-electron chi connectivity index (χ1n) is 11.3. The molecule has 3 unspecified atom stereocenters. The molecule has 0 aliphatic heterocycles. The van der Waals surface area contributed by atoms with Gasteiger partial charge in [0.15, 0.2) is 0 Å². The minimum Gasteiger partial charge on any atom is -0.490 e. The van der Waals surface area contributed by atoms with Crippen molar-refractivity contribution in [1.82, 2.24) is 10.3 Å². The first kappa shape index (κ1) is 19.0. The Kier molecular flexibility index (Phi) is 3.94. The van der Waals surface area contributed by atoms with Crippen LogP contribution in [0.25, 0.3) is 15.7 Å². The zero-order valence-corrected chi connectivity index (χ0v) is 17.6. The van der Waals surface area contributed by atoms with Crippen molar-refractivity contribution >= 4 is 16.8 Å². The second-order valence-electron chi connectivity index (χ2n) is 10.5. The Labute approximate surface area is 181 Å². The normalized spacial score (nSPS) is 37.7. The van der Waals surface area contributed by atoms with E-state index < -0.39 is 0 Å². The summed E-state index contributed by atoms with van der Waals surface area (Å²) < 4.78 is 19.9. The fourth-order valence-electron chi connectivity index (χ4n) is 7.07. The standard InChI is InChI=1S/C25H26FN3O2/c1-14(23(30)29-25-10-24(11-25,12-25)13-27-2)22-17-8-16(9-18(17)22)31-21-5-6-28-20-4-3-15(26)7-19(20)21/h3-7,14,16-18,22H,8-13H2,1H3,(H,29,30)/t14?,16?,17-,18+,22?,24?,25?. The molecule has 31 heavy (non-hydrogen) atoms. The molecule has 2 bridgehead atoms. The van der Waals surface area contributed by atoms with Crippen molar-refractivity contribution < 1.29 is 13.9 Å². The van der Waals surface area contributed by atoms with Gasteiger partial charge in [-0.2, -0.15) is 0 Å². The highest BCUT2D eigenvalue weighted by atomic mass is 19.1. The Balaban J connectivity index is 1.04. The smallest absolute Gasteiger partial charge is 0.223 e. The fraction of sp³-hybridized carbons (Fsp3) is 0.560. The number of carbonyl (C=O) groups excluding carboxylic acids is 1. The topological polar surface area (TPSA) is 55.6 Å². The predicted octanol–water partition coefficient (Wildman–Crippen LogP) is 4.37. The van der Waals surface area contributed by atoms with Crippen molar-refractivity contribution in [3.05, 3.63) is 47.7 Å². The predicted molar refractivity (Wildman–Crippen MR) is 114 cm³/mol. The number of pyridine rings is 1. The summed E-state index contributed by atoms with van der Waals surface area (Å²) in [7, 11) is 0. The molecule has 1 aromatic heterocycles.